The third-order valence-corrected chi connectivity index (χ3v) is 5.84. The van der Waals surface area contributed by atoms with Crippen LogP contribution in [0.5, 0.6) is 5.75 Å². The highest BCUT2D eigenvalue weighted by Crippen LogP contribution is 2.29. The van der Waals surface area contributed by atoms with Crippen molar-refractivity contribution < 1.29 is 9.53 Å². The second-order valence-corrected chi connectivity index (χ2v) is 7.84. The molecule has 3 heterocycles. The summed E-state index contributed by atoms with van der Waals surface area (Å²) < 4.78 is 6.42. The van der Waals surface area contributed by atoms with Crippen molar-refractivity contribution in [2.75, 3.05) is 12.4 Å². The first-order chi connectivity index (χ1) is 14.1. The van der Waals surface area contributed by atoms with E-state index in [0.29, 0.717) is 22.0 Å². The number of nitrogens with zero attached hydrogens (tertiary/aromatic N) is 3. The molecule has 1 amide bonds. The Balaban J connectivity index is 1.54. The van der Waals surface area contributed by atoms with E-state index in [9.17, 15) is 9.59 Å². The summed E-state index contributed by atoms with van der Waals surface area (Å²) in [5.41, 5.74) is 1.47. The van der Waals surface area contributed by atoms with Crippen LogP contribution >= 0.6 is 22.7 Å². The smallest absolute Gasteiger partial charge is 0.264 e. The van der Waals surface area contributed by atoms with Crippen LogP contribution in [0.25, 0.3) is 21.1 Å². The number of hydrogen-bond donors (Lipinski definition) is 1. The predicted octanol–water partition coefficient (Wildman–Crippen LogP) is 3.74. The number of thiophene rings is 1. The van der Waals surface area contributed by atoms with Gasteiger partial charge < -0.3 is 10.1 Å². The number of benzene rings is 1. The number of aromatic nitrogens is 3. The molecule has 146 valence electrons. The van der Waals surface area contributed by atoms with Gasteiger partial charge in [0.25, 0.3) is 5.56 Å². The Labute approximate surface area is 174 Å². The van der Waals surface area contributed by atoms with E-state index in [4.69, 9.17) is 4.74 Å². The molecule has 0 spiro atoms. The molecule has 0 saturated carbocycles. The fourth-order valence-corrected chi connectivity index (χ4v) is 4.28. The minimum Gasteiger partial charge on any atom is -0.497 e. The number of carbonyl (C=O) groups excluding carboxylic acids is 1. The Morgan fingerprint density at radius 1 is 1.24 bits per heavy atom. The van der Waals surface area contributed by atoms with Crippen molar-refractivity contribution >= 4 is 34.3 Å². The second-order valence-electron chi connectivity index (χ2n) is 6.04. The maximum Gasteiger partial charge on any atom is 0.264 e. The molecule has 0 radical (unpaired) electrons. The average molecular weight is 425 g/mol. The van der Waals surface area contributed by atoms with Gasteiger partial charge in [-0.1, -0.05) is 12.1 Å². The Morgan fingerprint density at radius 3 is 2.93 bits per heavy atom. The van der Waals surface area contributed by atoms with Crippen LogP contribution in [0, 0.1) is 0 Å². The topological polar surface area (TPSA) is 86.1 Å². The van der Waals surface area contributed by atoms with E-state index < -0.39 is 0 Å². The van der Waals surface area contributed by atoms with Gasteiger partial charge in [0.05, 0.1) is 29.6 Å². The molecule has 29 heavy (non-hydrogen) atoms. The average Bonchev–Trinajstić information content (AvgIpc) is 3.41. The zero-order valence-electron chi connectivity index (χ0n) is 15.4. The molecule has 0 bridgehead atoms. The standard InChI is InChI=1S/C20H16N4O3S2/c1-27-14-5-2-4-13(8-14)22-18(25)10-24-12-21-9-15(20(24)26)19-23-16(11-29-19)17-6-3-7-28-17/h2-9,11-12H,10H2,1H3,(H,22,25). The lowest BCUT2D eigenvalue weighted by molar-refractivity contribution is -0.116. The molecule has 0 aliphatic heterocycles. The molecule has 4 rings (SSSR count). The maximum atomic E-state index is 12.8. The summed E-state index contributed by atoms with van der Waals surface area (Å²) in [5, 5.41) is 7.22. The number of amides is 1. The van der Waals surface area contributed by atoms with Gasteiger partial charge in [-0.15, -0.1) is 22.7 Å². The molecule has 1 N–H and O–H groups in total. The maximum absolute atomic E-state index is 12.8. The van der Waals surface area contributed by atoms with Crippen LogP contribution in [0.15, 0.2) is 64.5 Å². The van der Waals surface area contributed by atoms with E-state index in [2.05, 4.69) is 15.3 Å². The van der Waals surface area contributed by atoms with Crippen molar-refractivity contribution in [3.8, 4) is 26.9 Å². The molecule has 7 nitrogen and oxygen atoms in total. The van der Waals surface area contributed by atoms with Gasteiger partial charge in [0, 0.05) is 23.3 Å². The minimum atomic E-state index is -0.335. The fourth-order valence-electron chi connectivity index (χ4n) is 2.70. The normalized spacial score (nSPS) is 10.7. The number of hydrogen-bond acceptors (Lipinski definition) is 7. The van der Waals surface area contributed by atoms with Gasteiger partial charge in [-0.25, -0.2) is 9.97 Å². The van der Waals surface area contributed by atoms with Gasteiger partial charge in [-0.2, -0.15) is 0 Å². The lowest BCUT2D eigenvalue weighted by atomic mass is 10.3. The van der Waals surface area contributed by atoms with Crippen molar-refractivity contribution in [2.45, 2.75) is 6.54 Å². The summed E-state index contributed by atoms with van der Waals surface area (Å²) in [7, 11) is 1.56. The number of nitrogens with one attached hydrogen (secondary N) is 1. The van der Waals surface area contributed by atoms with Crippen LogP contribution in [-0.4, -0.2) is 27.6 Å². The monoisotopic (exact) mass is 424 g/mol. The van der Waals surface area contributed by atoms with E-state index in [1.165, 1.54) is 28.4 Å². The number of rotatable bonds is 6. The molecule has 0 aliphatic rings. The van der Waals surface area contributed by atoms with E-state index in [1.807, 2.05) is 22.9 Å². The van der Waals surface area contributed by atoms with Crippen LogP contribution in [0.1, 0.15) is 0 Å². The van der Waals surface area contributed by atoms with Crippen LogP contribution in [0.4, 0.5) is 5.69 Å². The quantitative estimate of drug-likeness (QED) is 0.510. The molecule has 4 aromatic rings. The first-order valence-corrected chi connectivity index (χ1v) is 10.4. The molecule has 0 aliphatic carbocycles. The van der Waals surface area contributed by atoms with Crippen LogP contribution in [0.3, 0.4) is 0 Å². The Bertz CT molecular complexity index is 1200. The van der Waals surface area contributed by atoms with Crippen LogP contribution in [0.2, 0.25) is 0 Å². The zero-order chi connectivity index (χ0) is 20.2. The molecule has 0 unspecified atom stereocenters. The fraction of sp³-hybridized carbons (Fsp3) is 0.100. The Kier molecular flexibility index (Phi) is 5.50. The van der Waals surface area contributed by atoms with Crippen LogP contribution in [-0.2, 0) is 11.3 Å². The van der Waals surface area contributed by atoms with E-state index >= 15 is 0 Å². The van der Waals surface area contributed by atoms with Crippen molar-refractivity contribution in [1.82, 2.24) is 14.5 Å². The largest absolute Gasteiger partial charge is 0.497 e. The molecule has 9 heteroatoms. The second kappa shape index (κ2) is 8.38. The molecular formula is C20H16N4O3S2. The third kappa shape index (κ3) is 4.25. The molecule has 0 saturated heterocycles. The minimum absolute atomic E-state index is 0.153. The third-order valence-electron chi connectivity index (χ3n) is 4.08. The van der Waals surface area contributed by atoms with Gasteiger partial charge in [0.1, 0.15) is 17.3 Å². The summed E-state index contributed by atoms with van der Waals surface area (Å²) in [6.07, 6.45) is 2.83. The predicted molar refractivity (Wildman–Crippen MR) is 115 cm³/mol. The summed E-state index contributed by atoms with van der Waals surface area (Å²) in [4.78, 5) is 34.9. The van der Waals surface area contributed by atoms with Crippen molar-refractivity contribution in [2.24, 2.45) is 0 Å². The van der Waals surface area contributed by atoms with Crippen LogP contribution < -0.4 is 15.6 Å². The molecule has 0 fully saturated rings. The Hall–Kier alpha value is -3.30. The molecule has 3 aromatic heterocycles. The van der Waals surface area contributed by atoms with Gasteiger partial charge in [-0.3, -0.25) is 14.2 Å². The number of anilines is 1. The highest BCUT2D eigenvalue weighted by atomic mass is 32.1. The van der Waals surface area contributed by atoms with Gasteiger partial charge in [0.15, 0.2) is 0 Å². The summed E-state index contributed by atoms with van der Waals surface area (Å²) in [6, 6.07) is 10.9. The van der Waals surface area contributed by atoms with Crippen molar-refractivity contribution in [3.63, 3.8) is 0 Å². The van der Waals surface area contributed by atoms with E-state index in [1.54, 1.807) is 42.7 Å². The van der Waals surface area contributed by atoms with Gasteiger partial charge >= 0.3 is 0 Å². The SMILES string of the molecule is COc1cccc(NC(=O)Cn2cncc(-c3nc(-c4cccs4)cs3)c2=O)c1. The first kappa shape index (κ1) is 19.0. The number of carbonyl (C=O) groups is 1. The summed E-state index contributed by atoms with van der Waals surface area (Å²) >= 11 is 2.96. The number of thiazole rings is 1. The lowest BCUT2D eigenvalue weighted by Gasteiger charge is -2.09. The van der Waals surface area contributed by atoms with E-state index in [0.717, 1.165) is 10.6 Å². The lowest BCUT2D eigenvalue weighted by Crippen LogP contribution is -2.28. The van der Waals surface area contributed by atoms with Crippen molar-refractivity contribution in [1.29, 1.82) is 0 Å². The summed E-state index contributed by atoms with van der Waals surface area (Å²) in [5.74, 6) is 0.298. The number of ether oxygens (including phenoxy) is 1. The van der Waals surface area contributed by atoms with Gasteiger partial charge in [-0.05, 0) is 23.6 Å². The zero-order valence-corrected chi connectivity index (χ0v) is 17.0. The van der Waals surface area contributed by atoms with Gasteiger partial charge in [0.2, 0.25) is 5.91 Å². The molecule has 1 aromatic carbocycles. The summed E-state index contributed by atoms with van der Waals surface area (Å²) in [6.45, 7) is -0.153. The highest BCUT2D eigenvalue weighted by molar-refractivity contribution is 7.15. The molecular weight excluding hydrogens is 408 g/mol. The Morgan fingerprint density at radius 2 is 2.14 bits per heavy atom. The van der Waals surface area contributed by atoms with Crippen molar-refractivity contribution in [3.05, 3.63) is 70.0 Å². The first-order valence-electron chi connectivity index (χ1n) is 8.62. The highest BCUT2D eigenvalue weighted by Gasteiger charge is 2.14. The van der Waals surface area contributed by atoms with E-state index in [-0.39, 0.29) is 18.0 Å². The molecule has 0 atom stereocenters. The number of methoxy groups -OCH3 is 1.